The van der Waals surface area contributed by atoms with Gasteiger partial charge in [0.15, 0.2) is 5.96 Å². The lowest BCUT2D eigenvalue weighted by Crippen LogP contribution is -2.39. The van der Waals surface area contributed by atoms with Crippen LogP contribution in [-0.2, 0) is 6.54 Å². The molecule has 0 fully saturated rings. The quantitative estimate of drug-likeness (QED) is 0.573. The van der Waals surface area contributed by atoms with Crippen LogP contribution in [0.2, 0.25) is 0 Å². The molecule has 0 saturated heterocycles. The molecule has 6 nitrogen and oxygen atoms in total. The van der Waals surface area contributed by atoms with E-state index in [0.717, 1.165) is 25.6 Å². The molecular weight excluding hydrogens is 309 g/mol. The monoisotopic (exact) mass is 333 g/mol. The molecule has 0 amide bonds. The molecule has 1 atom stereocenters. The topological polar surface area (TPSA) is 63.5 Å². The van der Waals surface area contributed by atoms with E-state index in [-0.39, 0.29) is 11.9 Å². The maximum atomic E-state index is 12.9. The lowest BCUT2D eigenvalue weighted by molar-refractivity contribution is 0.230. The third kappa shape index (κ3) is 6.28. The van der Waals surface area contributed by atoms with Crippen LogP contribution in [0.4, 0.5) is 4.39 Å². The van der Waals surface area contributed by atoms with Gasteiger partial charge in [0.1, 0.15) is 17.7 Å². The van der Waals surface area contributed by atoms with Gasteiger partial charge in [0, 0.05) is 32.0 Å². The van der Waals surface area contributed by atoms with Crippen LogP contribution < -0.4 is 15.4 Å². The van der Waals surface area contributed by atoms with Gasteiger partial charge < -0.3 is 19.9 Å². The second-order valence-corrected chi connectivity index (χ2v) is 5.33. The highest BCUT2D eigenvalue weighted by Crippen LogP contribution is 2.12. The summed E-state index contributed by atoms with van der Waals surface area (Å²) in [4.78, 5) is 8.53. The smallest absolute Gasteiger partial charge is 0.191 e. The molecule has 1 heterocycles. The molecule has 7 heteroatoms. The lowest BCUT2D eigenvalue weighted by Gasteiger charge is -2.15. The molecule has 1 unspecified atom stereocenters. The highest BCUT2D eigenvalue weighted by molar-refractivity contribution is 5.79. The Morgan fingerprint density at radius 1 is 1.33 bits per heavy atom. The molecule has 0 radical (unpaired) electrons. The molecular formula is C17H24FN5O. The fourth-order valence-electron chi connectivity index (χ4n) is 2.07. The zero-order valence-corrected chi connectivity index (χ0v) is 14.1. The van der Waals surface area contributed by atoms with Crippen molar-refractivity contribution in [1.82, 2.24) is 20.2 Å². The van der Waals surface area contributed by atoms with Gasteiger partial charge in [-0.15, -0.1) is 0 Å². The van der Waals surface area contributed by atoms with Gasteiger partial charge in [0.25, 0.3) is 0 Å². The summed E-state index contributed by atoms with van der Waals surface area (Å²) in [5, 5.41) is 6.47. The van der Waals surface area contributed by atoms with Crippen molar-refractivity contribution in [2.45, 2.75) is 26.5 Å². The van der Waals surface area contributed by atoms with E-state index in [1.54, 1.807) is 24.7 Å². The molecule has 2 rings (SSSR count). The molecule has 0 aliphatic rings. The van der Waals surface area contributed by atoms with Crippen LogP contribution in [0.5, 0.6) is 5.75 Å². The van der Waals surface area contributed by atoms with Crippen LogP contribution in [-0.4, -0.2) is 41.2 Å². The number of aliphatic imine (C=N–C) groups is 1. The SMILES string of the molecule is CCNC(=NCC(C)Oc1ccc(F)cc1)NCCn1ccnc1. The first-order chi connectivity index (χ1) is 11.7. The average molecular weight is 333 g/mol. The minimum atomic E-state index is -0.274. The average Bonchev–Trinajstić information content (AvgIpc) is 3.08. The Bertz CT molecular complexity index is 612. The zero-order valence-electron chi connectivity index (χ0n) is 14.1. The van der Waals surface area contributed by atoms with E-state index in [2.05, 4.69) is 20.6 Å². The maximum absolute atomic E-state index is 12.9. The van der Waals surface area contributed by atoms with Crippen molar-refractivity contribution >= 4 is 5.96 Å². The van der Waals surface area contributed by atoms with Gasteiger partial charge >= 0.3 is 0 Å². The van der Waals surface area contributed by atoms with E-state index in [4.69, 9.17) is 4.74 Å². The molecule has 130 valence electrons. The molecule has 0 spiro atoms. The lowest BCUT2D eigenvalue weighted by atomic mass is 10.3. The highest BCUT2D eigenvalue weighted by atomic mass is 19.1. The van der Waals surface area contributed by atoms with Crippen molar-refractivity contribution in [3.63, 3.8) is 0 Å². The standard InChI is InChI=1S/C17H24FN5O/c1-3-20-17(21-9-11-23-10-8-19-13-23)22-12-14(2)24-16-6-4-15(18)5-7-16/h4-8,10,13-14H,3,9,11-12H2,1-2H3,(H2,20,21,22). The van der Waals surface area contributed by atoms with Gasteiger partial charge in [-0.3, -0.25) is 0 Å². The summed E-state index contributed by atoms with van der Waals surface area (Å²) < 4.78 is 20.6. The van der Waals surface area contributed by atoms with E-state index in [0.29, 0.717) is 12.3 Å². The predicted molar refractivity (Wildman–Crippen MR) is 92.7 cm³/mol. The van der Waals surface area contributed by atoms with Gasteiger partial charge in [-0.25, -0.2) is 14.4 Å². The predicted octanol–water partition coefficient (Wildman–Crippen LogP) is 2.04. The van der Waals surface area contributed by atoms with Crippen molar-refractivity contribution in [1.29, 1.82) is 0 Å². The number of imidazole rings is 1. The maximum Gasteiger partial charge on any atom is 0.191 e. The normalized spacial score (nSPS) is 12.7. The zero-order chi connectivity index (χ0) is 17.2. The fraction of sp³-hybridized carbons (Fsp3) is 0.412. The molecule has 0 aliphatic carbocycles. The highest BCUT2D eigenvalue weighted by Gasteiger charge is 2.05. The van der Waals surface area contributed by atoms with Gasteiger partial charge in [0.2, 0.25) is 0 Å². The van der Waals surface area contributed by atoms with Gasteiger partial charge in [0.05, 0.1) is 12.9 Å². The van der Waals surface area contributed by atoms with Crippen LogP contribution in [0.3, 0.4) is 0 Å². The number of hydrogen-bond acceptors (Lipinski definition) is 3. The van der Waals surface area contributed by atoms with Gasteiger partial charge in [-0.2, -0.15) is 0 Å². The molecule has 1 aromatic heterocycles. The van der Waals surface area contributed by atoms with Gasteiger partial charge in [-0.05, 0) is 38.1 Å². The first kappa shape index (κ1) is 17.8. The Morgan fingerprint density at radius 3 is 2.79 bits per heavy atom. The fourth-order valence-corrected chi connectivity index (χ4v) is 2.07. The summed E-state index contributed by atoms with van der Waals surface area (Å²) in [6.45, 7) is 6.79. The largest absolute Gasteiger partial charge is 0.489 e. The van der Waals surface area contributed by atoms with Crippen LogP contribution in [0.25, 0.3) is 0 Å². The molecule has 24 heavy (non-hydrogen) atoms. The molecule has 0 aliphatic heterocycles. The summed E-state index contributed by atoms with van der Waals surface area (Å²) in [6, 6.07) is 5.99. The number of guanidine groups is 1. The third-order valence-corrected chi connectivity index (χ3v) is 3.22. The second kappa shape index (κ2) is 9.54. The minimum absolute atomic E-state index is 0.112. The Balaban J connectivity index is 1.79. The summed E-state index contributed by atoms with van der Waals surface area (Å²) in [5.74, 6) is 1.11. The first-order valence-electron chi connectivity index (χ1n) is 8.07. The van der Waals surface area contributed by atoms with Crippen LogP contribution in [0.15, 0.2) is 48.0 Å². The number of nitrogens with zero attached hydrogens (tertiary/aromatic N) is 3. The van der Waals surface area contributed by atoms with E-state index >= 15 is 0 Å². The Kier molecular flexibility index (Phi) is 7.07. The van der Waals surface area contributed by atoms with Crippen molar-refractivity contribution in [3.8, 4) is 5.75 Å². The number of aromatic nitrogens is 2. The number of halogens is 1. The van der Waals surface area contributed by atoms with Crippen molar-refractivity contribution in [2.24, 2.45) is 4.99 Å². The first-order valence-corrected chi connectivity index (χ1v) is 8.07. The Morgan fingerprint density at radius 2 is 2.12 bits per heavy atom. The number of hydrogen-bond donors (Lipinski definition) is 2. The van der Waals surface area contributed by atoms with Crippen LogP contribution in [0, 0.1) is 5.82 Å². The second-order valence-electron chi connectivity index (χ2n) is 5.33. The molecule has 1 aromatic carbocycles. The molecule has 2 aromatic rings. The summed E-state index contributed by atoms with van der Waals surface area (Å²) in [7, 11) is 0. The Hall–Kier alpha value is -2.57. The summed E-state index contributed by atoms with van der Waals surface area (Å²) in [6.07, 6.45) is 5.35. The van der Waals surface area contributed by atoms with Crippen molar-refractivity contribution in [2.75, 3.05) is 19.6 Å². The number of benzene rings is 1. The van der Waals surface area contributed by atoms with Gasteiger partial charge in [-0.1, -0.05) is 0 Å². The van der Waals surface area contributed by atoms with Crippen LogP contribution >= 0.6 is 0 Å². The number of rotatable bonds is 8. The van der Waals surface area contributed by atoms with E-state index < -0.39 is 0 Å². The molecule has 2 N–H and O–H groups in total. The molecule has 0 saturated carbocycles. The number of nitrogens with one attached hydrogen (secondary N) is 2. The number of ether oxygens (including phenoxy) is 1. The minimum Gasteiger partial charge on any atom is -0.489 e. The van der Waals surface area contributed by atoms with E-state index in [9.17, 15) is 4.39 Å². The van der Waals surface area contributed by atoms with Crippen LogP contribution in [0.1, 0.15) is 13.8 Å². The summed E-state index contributed by atoms with van der Waals surface area (Å²) in [5.41, 5.74) is 0. The third-order valence-electron chi connectivity index (χ3n) is 3.22. The van der Waals surface area contributed by atoms with Crippen molar-refractivity contribution < 1.29 is 9.13 Å². The van der Waals surface area contributed by atoms with E-state index in [1.165, 1.54) is 12.1 Å². The Labute approximate surface area is 141 Å². The van der Waals surface area contributed by atoms with E-state index in [1.807, 2.05) is 24.6 Å². The summed E-state index contributed by atoms with van der Waals surface area (Å²) >= 11 is 0. The van der Waals surface area contributed by atoms with Crippen molar-refractivity contribution in [3.05, 3.63) is 48.8 Å². The molecule has 0 bridgehead atoms.